The van der Waals surface area contributed by atoms with E-state index >= 15 is 0 Å². The van der Waals surface area contributed by atoms with Gasteiger partial charge in [0.15, 0.2) is 0 Å². The SMILES string of the molecule is Brc1ccc(Nc2nccn2C2CC2)c2ccccc12. The molecule has 0 radical (unpaired) electrons. The Morgan fingerprint density at radius 3 is 2.70 bits per heavy atom. The fourth-order valence-corrected chi connectivity index (χ4v) is 3.03. The summed E-state index contributed by atoms with van der Waals surface area (Å²) in [6, 6.07) is 13.2. The average Bonchev–Trinajstić information content (AvgIpc) is 3.22. The minimum atomic E-state index is 0.627. The minimum absolute atomic E-state index is 0.627. The maximum Gasteiger partial charge on any atom is 0.207 e. The molecule has 1 N–H and O–H groups in total. The molecule has 3 nitrogen and oxygen atoms in total. The predicted octanol–water partition coefficient (Wildman–Crippen LogP) is 4.88. The van der Waals surface area contributed by atoms with Gasteiger partial charge in [-0.15, -0.1) is 0 Å². The van der Waals surface area contributed by atoms with Crippen molar-refractivity contribution in [3.05, 3.63) is 53.3 Å². The first-order valence-corrected chi connectivity index (χ1v) is 7.59. The second-order valence-electron chi connectivity index (χ2n) is 5.15. The van der Waals surface area contributed by atoms with Crippen molar-refractivity contribution in [2.45, 2.75) is 18.9 Å². The molecule has 1 saturated carbocycles. The maximum atomic E-state index is 4.44. The molecular weight excluding hydrogens is 314 g/mol. The lowest BCUT2D eigenvalue weighted by atomic mass is 10.1. The van der Waals surface area contributed by atoms with E-state index in [1.54, 1.807) is 0 Å². The monoisotopic (exact) mass is 327 g/mol. The van der Waals surface area contributed by atoms with Gasteiger partial charge in [-0.1, -0.05) is 40.2 Å². The van der Waals surface area contributed by atoms with Crippen molar-refractivity contribution in [2.24, 2.45) is 0 Å². The average molecular weight is 328 g/mol. The molecule has 4 rings (SSSR count). The Bertz CT molecular complexity index is 774. The van der Waals surface area contributed by atoms with Crippen LogP contribution in [0.1, 0.15) is 18.9 Å². The Morgan fingerprint density at radius 1 is 1.10 bits per heavy atom. The predicted molar refractivity (Wildman–Crippen MR) is 85.4 cm³/mol. The highest BCUT2D eigenvalue weighted by atomic mass is 79.9. The molecule has 100 valence electrons. The summed E-state index contributed by atoms with van der Waals surface area (Å²) in [5.74, 6) is 0.931. The molecule has 2 aromatic carbocycles. The largest absolute Gasteiger partial charge is 0.325 e. The number of imidazole rings is 1. The van der Waals surface area contributed by atoms with Crippen LogP contribution in [0.15, 0.2) is 53.3 Å². The second kappa shape index (κ2) is 4.63. The molecule has 3 aromatic rings. The van der Waals surface area contributed by atoms with Gasteiger partial charge in [-0.3, -0.25) is 0 Å². The van der Waals surface area contributed by atoms with Crippen LogP contribution in [0, 0.1) is 0 Å². The number of fused-ring (bicyclic) bond motifs is 1. The van der Waals surface area contributed by atoms with E-state index in [4.69, 9.17) is 0 Å². The second-order valence-corrected chi connectivity index (χ2v) is 6.01. The number of halogens is 1. The molecule has 0 saturated heterocycles. The smallest absolute Gasteiger partial charge is 0.207 e. The fraction of sp³-hybridized carbons (Fsp3) is 0.188. The molecule has 20 heavy (non-hydrogen) atoms. The van der Waals surface area contributed by atoms with Gasteiger partial charge >= 0.3 is 0 Å². The molecule has 1 heterocycles. The molecule has 0 unspecified atom stereocenters. The van der Waals surface area contributed by atoms with Crippen molar-refractivity contribution in [1.82, 2.24) is 9.55 Å². The van der Waals surface area contributed by atoms with Crippen molar-refractivity contribution in [3.8, 4) is 0 Å². The number of nitrogens with one attached hydrogen (secondary N) is 1. The molecule has 0 atom stereocenters. The number of hydrogen-bond acceptors (Lipinski definition) is 2. The summed E-state index contributed by atoms with van der Waals surface area (Å²) in [6.45, 7) is 0. The fourth-order valence-electron chi connectivity index (χ4n) is 2.55. The molecule has 0 spiro atoms. The van der Waals surface area contributed by atoms with E-state index in [-0.39, 0.29) is 0 Å². The highest BCUT2D eigenvalue weighted by Gasteiger charge is 2.25. The van der Waals surface area contributed by atoms with Crippen molar-refractivity contribution < 1.29 is 0 Å². The van der Waals surface area contributed by atoms with Crippen LogP contribution in [0.4, 0.5) is 11.6 Å². The zero-order valence-corrected chi connectivity index (χ0v) is 12.5. The Hall–Kier alpha value is -1.81. The van der Waals surface area contributed by atoms with Gasteiger partial charge in [0.05, 0.1) is 0 Å². The van der Waals surface area contributed by atoms with Gasteiger partial charge in [0.1, 0.15) is 0 Å². The zero-order chi connectivity index (χ0) is 13.5. The first kappa shape index (κ1) is 12.0. The number of hydrogen-bond donors (Lipinski definition) is 1. The van der Waals surface area contributed by atoms with Crippen LogP contribution in [-0.2, 0) is 0 Å². The van der Waals surface area contributed by atoms with Gasteiger partial charge in [-0.25, -0.2) is 4.98 Å². The topological polar surface area (TPSA) is 29.9 Å². The lowest BCUT2D eigenvalue weighted by Gasteiger charge is -2.12. The molecular formula is C16H14BrN3. The number of aromatic nitrogens is 2. The van der Waals surface area contributed by atoms with Crippen LogP contribution in [0.5, 0.6) is 0 Å². The summed E-state index contributed by atoms with van der Waals surface area (Å²) in [5, 5.41) is 5.89. The van der Waals surface area contributed by atoms with Crippen LogP contribution in [0.3, 0.4) is 0 Å². The normalized spacial score (nSPS) is 14.7. The van der Waals surface area contributed by atoms with Crippen molar-refractivity contribution in [2.75, 3.05) is 5.32 Å². The lowest BCUT2D eigenvalue weighted by molar-refractivity contribution is 0.751. The third-order valence-electron chi connectivity index (χ3n) is 3.73. The minimum Gasteiger partial charge on any atom is -0.325 e. The zero-order valence-electron chi connectivity index (χ0n) is 10.9. The third kappa shape index (κ3) is 2.00. The molecule has 0 amide bonds. The first-order valence-electron chi connectivity index (χ1n) is 6.80. The van der Waals surface area contributed by atoms with Crippen molar-refractivity contribution >= 4 is 38.3 Å². The van der Waals surface area contributed by atoms with E-state index < -0.39 is 0 Å². The quantitative estimate of drug-likeness (QED) is 0.743. The number of benzene rings is 2. The van der Waals surface area contributed by atoms with E-state index in [9.17, 15) is 0 Å². The van der Waals surface area contributed by atoms with E-state index in [2.05, 4.69) is 73.4 Å². The molecule has 0 aliphatic heterocycles. The highest BCUT2D eigenvalue weighted by Crippen LogP contribution is 2.38. The summed E-state index contributed by atoms with van der Waals surface area (Å²) in [5.41, 5.74) is 1.09. The molecule has 1 aromatic heterocycles. The van der Waals surface area contributed by atoms with Gasteiger partial charge in [0, 0.05) is 34.0 Å². The number of anilines is 2. The van der Waals surface area contributed by atoms with Crippen LogP contribution >= 0.6 is 15.9 Å². The standard InChI is InChI=1S/C16H14BrN3/c17-14-7-8-15(13-4-2-1-3-12(13)14)19-16-18-9-10-20(16)11-5-6-11/h1-4,7-11H,5-6H2,(H,18,19). The summed E-state index contributed by atoms with van der Waals surface area (Å²) < 4.78 is 3.35. The molecule has 4 heteroatoms. The van der Waals surface area contributed by atoms with Crippen LogP contribution < -0.4 is 5.32 Å². The summed E-state index contributed by atoms with van der Waals surface area (Å²) in [6.07, 6.45) is 6.43. The maximum absolute atomic E-state index is 4.44. The molecule has 1 aliphatic carbocycles. The van der Waals surface area contributed by atoms with E-state index in [0.29, 0.717) is 6.04 Å². The van der Waals surface area contributed by atoms with E-state index in [0.717, 1.165) is 16.1 Å². The summed E-state index contributed by atoms with van der Waals surface area (Å²) >= 11 is 3.61. The van der Waals surface area contributed by atoms with Crippen LogP contribution in [0.25, 0.3) is 10.8 Å². The van der Waals surface area contributed by atoms with E-state index in [1.165, 1.54) is 23.6 Å². The van der Waals surface area contributed by atoms with Crippen molar-refractivity contribution in [1.29, 1.82) is 0 Å². The number of nitrogens with zero attached hydrogens (tertiary/aromatic N) is 2. The van der Waals surface area contributed by atoms with Crippen LogP contribution in [-0.4, -0.2) is 9.55 Å². The summed E-state index contributed by atoms with van der Waals surface area (Å²) in [4.78, 5) is 4.44. The Kier molecular flexibility index (Phi) is 2.77. The Labute approximate surface area is 125 Å². The molecule has 1 fully saturated rings. The highest BCUT2D eigenvalue weighted by molar-refractivity contribution is 9.10. The van der Waals surface area contributed by atoms with Gasteiger partial charge < -0.3 is 9.88 Å². The van der Waals surface area contributed by atoms with Gasteiger partial charge in [0.2, 0.25) is 5.95 Å². The summed E-state index contributed by atoms with van der Waals surface area (Å²) in [7, 11) is 0. The van der Waals surface area contributed by atoms with Gasteiger partial charge in [-0.2, -0.15) is 0 Å². The van der Waals surface area contributed by atoms with Crippen LogP contribution in [0.2, 0.25) is 0 Å². The lowest BCUT2D eigenvalue weighted by Crippen LogP contribution is -2.01. The number of rotatable bonds is 3. The van der Waals surface area contributed by atoms with E-state index in [1.807, 2.05) is 6.20 Å². The molecule has 1 aliphatic rings. The Balaban J connectivity index is 1.79. The van der Waals surface area contributed by atoms with Crippen molar-refractivity contribution in [3.63, 3.8) is 0 Å². The Morgan fingerprint density at radius 2 is 1.90 bits per heavy atom. The molecule has 0 bridgehead atoms. The van der Waals surface area contributed by atoms with Gasteiger partial charge in [0.25, 0.3) is 0 Å². The first-order chi connectivity index (χ1) is 9.83. The van der Waals surface area contributed by atoms with Gasteiger partial charge in [-0.05, 0) is 30.4 Å². The third-order valence-corrected chi connectivity index (χ3v) is 4.42.